The molecule has 1 aromatic heterocycles. The molecule has 0 aromatic carbocycles. The first-order chi connectivity index (χ1) is 5.33. The number of rotatable bonds is 4. The minimum Gasteiger partial charge on any atom is -0.452 e. The van der Waals surface area contributed by atoms with Crippen LogP contribution < -0.4 is 0 Å². The van der Waals surface area contributed by atoms with Gasteiger partial charge in [-0.25, -0.2) is 0 Å². The predicted molar refractivity (Wildman–Crippen MR) is 46.3 cm³/mol. The Kier molecular flexibility index (Phi) is 3.39. The maximum absolute atomic E-state index is 5.19. The molecule has 0 amide bonds. The van der Waals surface area contributed by atoms with Gasteiger partial charge in [0, 0.05) is 0 Å². The molecule has 3 heteroatoms. The van der Waals surface area contributed by atoms with Gasteiger partial charge >= 0.3 is 0 Å². The van der Waals surface area contributed by atoms with Crippen molar-refractivity contribution in [1.29, 1.82) is 0 Å². The molecule has 0 aliphatic heterocycles. The Morgan fingerprint density at radius 3 is 3.00 bits per heavy atom. The highest BCUT2D eigenvalue weighted by Gasteiger charge is 1.97. The second kappa shape index (κ2) is 4.36. The van der Waals surface area contributed by atoms with E-state index in [4.69, 9.17) is 9.15 Å². The lowest BCUT2D eigenvalue weighted by Gasteiger charge is -1.95. The summed E-state index contributed by atoms with van der Waals surface area (Å²) < 4.78 is 11.1. The maximum atomic E-state index is 5.19. The summed E-state index contributed by atoms with van der Waals surface area (Å²) >= 11 is 3.20. The second-order valence-corrected chi connectivity index (χ2v) is 2.79. The van der Waals surface area contributed by atoms with Crippen molar-refractivity contribution in [2.24, 2.45) is 0 Å². The van der Waals surface area contributed by atoms with Gasteiger partial charge in [-0.3, -0.25) is 0 Å². The summed E-state index contributed by atoms with van der Waals surface area (Å²) in [5.41, 5.74) is 0. The summed E-state index contributed by atoms with van der Waals surface area (Å²) in [4.78, 5) is 0. The van der Waals surface area contributed by atoms with Crippen LogP contribution in [0, 0.1) is 0 Å². The molecule has 0 N–H and O–H groups in total. The largest absolute Gasteiger partial charge is 0.452 e. The molecule has 0 spiro atoms. The molecule has 0 aliphatic carbocycles. The van der Waals surface area contributed by atoms with E-state index in [0.29, 0.717) is 13.2 Å². The van der Waals surface area contributed by atoms with E-state index in [2.05, 4.69) is 22.5 Å². The zero-order valence-electron chi connectivity index (χ0n) is 6.05. The lowest BCUT2D eigenvalue weighted by atomic mass is 10.5. The maximum Gasteiger partial charge on any atom is 0.169 e. The van der Waals surface area contributed by atoms with Crippen LogP contribution >= 0.6 is 15.9 Å². The van der Waals surface area contributed by atoms with Gasteiger partial charge in [0.2, 0.25) is 0 Å². The van der Waals surface area contributed by atoms with E-state index in [-0.39, 0.29) is 0 Å². The average Bonchev–Trinajstić information content (AvgIpc) is 2.37. The molecule has 0 bridgehead atoms. The van der Waals surface area contributed by atoms with Gasteiger partial charge in [0.15, 0.2) is 4.67 Å². The molecule has 0 fully saturated rings. The SMILES string of the molecule is C=CCOCc1ccc(Br)o1. The van der Waals surface area contributed by atoms with E-state index in [9.17, 15) is 0 Å². The molecule has 0 aliphatic rings. The van der Waals surface area contributed by atoms with Crippen molar-refractivity contribution in [2.75, 3.05) is 6.61 Å². The lowest BCUT2D eigenvalue weighted by Crippen LogP contribution is -1.89. The first kappa shape index (κ1) is 8.56. The minimum atomic E-state index is 0.498. The fourth-order valence-corrected chi connectivity index (χ4v) is 1.01. The summed E-state index contributed by atoms with van der Waals surface area (Å²) in [5.74, 6) is 0.818. The van der Waals surface area contributed by atoms with Crippen LogP contribution in [0.2, 0.25) is 0 Å². The van der Waals surface area contributed by atoms with Gasteiger partial charge in [-0.1, -0.05) is 6.08 Å². The molecule has 0 saturated carbocycles. The van der Waals surface area contributed by atoms with Crippen LogP contribution in [0.4, 0.5) is 0 Å². The number of hydrogen-bond donors (Lipinski definition) is 0. The van der Waals surface area contributed by atoms with Crippen LogP contribution in [0.5, 0.6) is 0 Å². The van der Waals surface area contributed by atoms with E-state index >= 15 is 0 Å². The van der Waals surface area contributed by atoms with Gasteiger partial charge in [-0.05, 0) is 28.1 Å². The van der Waals surface area contributed by atoms with Crippen molar-refractivity contribution in [3.8, 4) is 0 Å². The van der Waals surface area contributed by atoms with E-state index in [1.165, 1.54) is 0 Å². The molecular weight excluding hydrogens is 208 g/mol. The number of ether oxygens (including phenoxy) is 1. The Hall–Kier alpha value is -0.540. The van der Waals surface area contributed by atoms with Crippen LogP contribution in [0.1, 0.15) is 5.76 Å². The van der Waals surface area contributed by atoms with Crippen molar-refractivity contribution in [2.45, 2.75) is 6.61 Å². The third-order valence-electron chi connectivity index (χ3n) is 1.11. The molecule has 60 valence electrons. The highest BCUT2D eigenvalue weighted by molar-refractivity contribution is 9.10. The third-order valence-corrected chi connectivity index (χ3v) is 1.54. The fourth-order valence-electron chi connectivity index (χ4n) is 0.672. The molecule has 1 aromatic rings. The van der Waals surface area contributed by atoms with Crippen LogP contribution in [0.15, 0.2) is 33.9 Å². The number of furan rings is 1. The molecule has 1 rings (SSSR count). The van der Waals surface area contributed by atoms with E-state index in [1.54, 1.807) is 6.08 Å². The zero-order chi connectivity index (χ0) is 8.10. The Balaban J connectivity index is 2.32. The first-order valence-corrected chi connectivity index (χ1v) is 4.05. The molecular formula is C8H9BrO2. The molecule has 1 heterocycles. The quantitative estimate of drug-likeness (QED) is 0.571. The highest BCUT2D eigenvalue weighted by Crippen LogP contribution is 2.14. The van der Waals surface area contributed by atoms with Crippen molar-refractivity contribution in [3.63, 3.8) is 0 Å². The summed E-state index contributed by atoms with van der Waals surface area (Å²) in [6.45, 7) is 4.58. The Morgan fingerprint density at radius 1 is 1.64 bits per heavy atom. The van der Waals surface area contributed by atoms with E-state index in [1.807, 2.05) is 12.1 Å². The topological polar surface area (TPSA) is 22.4 Å². The highest BCUT2D eigenvalue weighted by atomic mass is 79.9. The Bertz CT molecular complexity index is 230. The third kappa shape index (κ3) is 2.91. The summed E-state index contributed by atoms with van der Waals surface area (Å²) in [5, 5.41) is 0. The summed E-state index contributed by atoms with van der Waals surface area (Å²) in [6, 6.07) is 3.71. The number of halogens is 1. The fraction of sp³-hybridized carbons (Fsp3) is 0.250. The Labute approximate surface area is 74.0 Å². The minimum absolute atomic E-state index is 0.498. The molecule has 2 nitrogen and oxygen atoms in total. The molecule has 0 unspecified atom stereocenters. The average molecular weight is 217 g/mol. The normalized spacial score (nSPS) is 9.91. The number of hydrogen-bond acceptors (Lipinski definition) is 2. The van der Waals surface area contributed by atoms with Crippen LogP contribution in [-0.4, -0.2) is 6.61 Å². The summed E-state index contributed by atoms with van der Waals surface area (Å²) in [6.07, 6.45) is 1.71. The monoisotopic (exact) mass is 216 g/mol. The molecule has 0 saturated heterocycles. The van der Waals surface area contributed by atoms with Gasteiger partial charge in [0.1, 0.15) is 12.4 Å². The molecule has 11 heavy (non-hydrogen) atoms. The van der Waals surface area contributed by atoms with Gasteiger partial charge in [-0.15, -0.1) is 6.58 Å². The first-order valence-electron chi connectivity index (χ1n) is 3.26. The Morgan fingerprint density at radius 2 is 2.45 bits per heavy atom. The lowest BCUT2D eigenvalue weighted by molar-refractivity contribution is 0.131. The van der Waals surface area contributed by atoms with E-state index in [0.717, 1.165) is 10.4 Å². The van der Waals surface area contributed by atoms with Crippen molar-refractivity contribution in [1.82, 2.24) is 0 Å². The van der Waals surface area contributed by atoms with Gasteiger partial charge in [0.25, 0.3) is 0 Å². The predicted octanol–water partition coefficient (Wildman–Crippen LogP) is 2.74. The van der Waals surface area contributed by atoms with E-state index < -0.39 is 0 Å². The van der Waals surface area contributed by atoms with Crippen molar-refractivity contribution < 1.29 is 9.15 Å². The summed E-state index contributed by atoms with van der Waals surface area (Å²) in [7, 11) is 0. The standard InChI is InChI=1S/C8H9BrO2/c1-2-5-10-6-7-3-4-8(9)11-7/h2-4H,1,5-6H2. The van der Waals surface area contributed by atoms with Crippen LogP contribution in [0.25, 0.3) is 0 Å². The second-order valence-electron chi connectivity index (χ2n) is 2.01. The zero-order valence-corrected chi connectivity index (χ0v) is 7.63. The van der Waals surface area contributed by atoms with Crippen molar-refractivity contribution >= 4 is 15.9 Å². The van der Waals surface area contributed by atoms with Crippen LogP contribution in [0.3, 0.4) is 0 Å². The van der Waals surface area contributed by atoms with Gasteiger partial charge < -0.3 is 9.15 Å². The van der Waals surface area contributed by atoms with Crippen molar-refractivity contribution in [3.05, 3.63) is 35.2 Å². The van der Waals surface area contributed by atoms with Gasteiger partial charge in [-0.2, -0.15) is 0 Å². The molecule has 0 atom stereocenters. The van der Waals surface area contributed by atoms with Gasteiger partial charge in [0.05, 0.1) is 6.61 Å². The smallest absolute Gasteiger partial charge is 0.169 e. The van der Waals surface area contributed by atoms with Crippen LogP contribution in [-0.2, 0) is 11.3 Å². The molecule has 0 radical (unpaired) electrons.